The zero-order valence-electron chi connectivity index (χ0n) is 15.6. The second-order valence-corrected chi connectivity index (χ2v) is 7.21. The first-order valence-corrected chi connectivity index (χ1v) is 10.0. The van der Waals surface area contributed by atoms with Crippen LogP contribution in [0.2, 0.25) is 0 Å². The molecule has 1 N–H and O–H groups in total. The third-order valence-corrected chi connectivity index (χ3v) is 5.35. The van der Waals surface area contributed by atoms with Crippen LogP contribution in [0, 0.1) is 0 Å². The molecule has 8 heteroatoms. The van der Waals surface area contributed by atoms with Crippen molar-refractivity contribution in [3.63, 3.8) is 0 Å². The summed E-state index contributed by atoms with van der Waals surface area (Å²) in [5, 5.41) is 11.1. The van der Waals surface area contributed by atoms with E-state index < -0.39 is 0 Å². The summed E-state index contributed by atoms with van der Waals surface area (Å²) >= 11 is 1.62. The maximum absolute atomic E-state index is 12.7. The van der Waals surface area contributed by atoms with Gasteiger partial charge in [0.05, 0.1) is 26.0 Å². The van der Waals surface area contributed by atoms with Gasteiger partial charge in [0.15, 0.2) is 5.69 Å². The number of aromatic nitrogens is 3. The van der Waals surface area contributed by atoms with Gasteiger partial charge in [-0.15, -0.1) is 16.9 Å². The fourth-order valence-electron chi connectivity index (χ4n) is 3.10. The molecular formula is C20H20N4O3S. The molecule has 1 aliphatic heterocycles. The number of nitrogens with one attached hydrogen (secondary N) is 1. The fourth-order valence-corrected chi connectivity index (χ4v) is 3.56. The van der Waals surface area contributed by atoms with Gasteiger partial charge in [0.25, 0.3) is 5.91 Å². The van der Waals surface area contributed by atoms with Gasteiger partial charge in [0, 0.05) is 10.6 Å². The molecule has 0 unspecified atom stereocenters. The molecular weight excluding hydrogens is 376 g/mol. The highest BCUT2D eigenvalue weighted by atomic mass is 32.2. The molecule has 144 valence electrons. The number of methoxy groups -OCH3 is 1. The number of nitrogens with zero attached hydrogens (tertiary/aromatic N) is 3. The minimum Gasteiger partial charge on any atom is -0.497 e. The van der Waals surface area contributed by atoms with Crippen molar-refractivity contribution >= 4 is 23.4 Å². The average molecular weight is 396 g/mol. The zero-order chi connectivity index (χ0) is 19.5. The van der Waals surface area contributed by atoms with E-state index in [0.29, 0.717) is 17.9 Å². The van der Waals surface area contributed by atoms with E-state index in [1.165, 1.54) is 0 Å². The second-order valence-electron chi connectivity index (χ2n) is 6.33. The van der Waals surface area contributed by atoms with Crippen molar-refractivity contribution in [2.45, 2.75) is 24.2 Å². The van der Waals surface area contributed by atoms with Crippen LogP contribution in [0.4, 0.5) is 5.69 Å². The summed E-state index contributed by atoms with van der Waals surface area (Å²) in [6.45, 7) is 0.779. The average Bonchev–Trinajstić information content (AvgIpc) is 3.17. The van der Waals surface area contributed by atoms with Crippen LogP contribution in [-0.2, 0) is 17.9 Å². The van der Waals surface area contributed by atoms with E-state index in [0.717, 1.165) is 21.9 Å². The van der Waals surface area contributed by atoms with Crippen LogP contribution >= 0.6 is 11.8 Å². The molecule has 1 amide bonds. The highest BCUT2D eigenvalue weighted by molar-refractivity contribution is 7.98. The molecule has 3 aromatic rings. The third-order valence-electron chi connectivity index (χ3n) is 4.63. The number of thioether (sulfide) groups is 1. The Kier molecular flexibility index (Phi) is 5.31. The van der Waals surface area contributed by atoms with E-state index in [1.807, 2.05) is 54.8 Å². The van der Waals surface area contributed by atoms with E-state index in [-0.39, 0.29) is 18.6 Å². The molecule has 2 heterocycles. The quantitative estimate of drug-likeness (QED) is 0.665. The van der Waals surface area contributed by atoms with Crippen molar-refractivity contribution in [2.75, 3.05) is 18.7 Å². The van der Waals surface area contributed by atoms with Crippen molar-refractivity contribution in [3.8, 4) is 5.75 Å². The van der Waals surface area contributed by atoms with Crippen molar-refractivity contribution in [1.29, 1.82) is 0 Å². The largest absolute Gasteiger partial charge is 0.497 e. The molecule has 28 heavy (non-hydrogen) atoms. The van der Waals surface area contributed by atoms with E-state index in [2.05, 4.69) is 15.6 Å². The van der Waals surface area contributed by atoms with Gasteiger partial charge >= 0.3 is 0 Å². The number of ether oxygens (including phenoxy) is 2. The molecule has 1 aliphatic rings. The van der Waals surface area contributed by atoms with Gasteiger partial charge in [0.2, 0.25) is 0 Å². The lowest BCUT2D eigenvalue weighted by Crippen LogP contribution is -2.24. The number of rotatable bonds is 5. The van der Waals surface area contributed by atoms with E-state index in [4.69, 9.17) is 9.47 Å². The number of hydrogen-bond donors (Lipinski definition) is 1. The number of carbonyl (C=O) groups excluding carboxylic acids is 1. The van der Waals surface area contributed by atoms with Crippen molar-refractivity contribution < 1.29 is 14.3 Å². The maximum atomic E-state index is 12.7. The van der Waals surface area contributed by atoms with Gasteiger partial charge in [-0.25, -0.2) is 4.68 Å². The van der Waals surface area contributed by atoms with Crippen LogP contribution in [-0.4, -0.2) is 34.3 Å². The van der Waals surface area contributed by atoms with Crippen LogP contribution in [0.15, 0.2) is 53.4 Å². The highest BCUT2D eigenvalue weighted by Crippen LogP contribution is 2.28. The number of fused-ring (bicyclic) bond motifs is 1. The smallest absolute Gasteiger partial charge is 0.278 e. The number of hydrogen-bond acceptors (Lipinski definition) is 6. The van der Waals surface area contributed by atoms with Gasteiger partial charge < -0.3 is 14.8 Å². The third kappa shape index (κ3) is 3.74. The first-order chi connectivity index (χ1) is 13.7. The topological polar surface area (TPSA) is 78.3 Å². The maximum Gasteiger partial charge on any atom is 0.278 e. The number of benzene rings is 2. The summed E-state index contributed by atoms with van der Waals surface area (Å²) in [4.78, 5) is 13.7. The standard InChI is InChI=1S/C20H20N4O3S/c1-26-15-8-6-13(7-9-15)18-11-24-17(12-27-18)19(22-23-24)20(25)21-14-4-3-5-16(10-14)28-2/h3-10,18H,11-12H2,1-2H3,(H,21,25)/t18-/m0/s1. The summed E-state index contributed by atoms with van der Waals surface area (Å²) in [6.07, 6.45) is 1.85. The SMILES string of the molecule is COc1ccc([C@@H]2Cn3nnc(C(=O)Nc4cccc(SC)c4)c3CO2)cc1. The molecule has 0 spiro atoms. The first kappa shape index (κ1) is 18.5. The number of carbonyl (C=O) groups is 1. The lowest BCUT2D eigenvalue weighted by Gasteiger charge is -2.24. The Morgan fingerprint density at radius 1 is 1.29 bits per heavy atom. The zero-order valence-corrected chi connectivity index (χ0v) is 16.4. The van der Waals surface area contributed by atoms with Gasteiger partial charge in [0.1, 0.15) is 11.9 Å². The fraction of sp³-hybridized carbons (Fsp3) is 0.250. The normalized spacial score (nSPS) is 15.7. The minimum atomic E-state index is -0.286. The molecule has 0 radical (unpaired) electrons. The molecule has 0 fully saturated rings. The summed E-state index contributed by atoms with van der Waals surface area (Å²) in [5.41, 5.74) is 2.74. The Hall–Kier alpha value is -2.84. The van der Waals surface area contributed by atoms with Gasteiger partial charge in [-0.05, 0) is 42.2 Å². The van der Waals surface area contributed by atoms with Gasteiger partial charge in [-0.1, -0.05) is 23.4 Å². The molecule has 1 atom stereocenters. The van der Waals surface area contributed by atoms with Gasteiger partial charge in [-0.2, -0.15) is 0 Å². The molecule has 0 aliphatic carbocycles. The summed E-state index contributed by atoms with van der Waals surface area (Å²) < 4.78 is 12.9. The van der Waals surface area contributed by atoms with E-state index in [9.17, 15) is 4.79 Å². The lowest BCUT2D eigenvalue weighted by atomic mass is 10.1. The Morgan fingerprint density at radius 3 is 2.86 bits per heavy atom. The monoisotopic (exact) mass is 396 g/mol. The van der Waals surface area contributed by atoms with Crippen LogP contribution in [0.25, 0.3) is 0 Å². The Balaban J connectivity index is 1.49. The van der Waals surface area contributed by atoms with Crippen LogP contribution in [0.1, 0.15) is 27.8 Å². The summed E-state index contributed by atoms with van der Waals surface area (Å²) in [5.74, 6) is 0.511. The van der Waals surface area contributed by atoms with Crippen LogP contribution < -0.4 is 10.1 Å². The minimum absolute atomic E-state index is 0.144. The second kappa shape index (κ2) is 8.04. The molecule has 4 rings (SSSR count). The van der Waals surface area contributed by atoms with Crippen molar-refractivity contribution in [1.82, 2.24) is 15.0 Å². The Bertz CT molecular complexity index is 987. The predicted molar refractivity (Wildman–Crippen MR) is 107 cm³/mol. The van der Waals surface area contributed by atoms with E-state index in [1.54, 1.807) is 23.6 Å². The van der Waals surface area contributed by atoms with Crippen LogP contribution in [0.3, 0.4) is 0 Å². The molecule has 7 nitrogen and oxygen atoms in total. The molecule has 0 bridgehead atoms. The number of anilines is 1. The Morgan fingerprint density at radius 2 is 2.11 bits per heavy atom. The number of amides is 1. The Labute approximate surface area is 167 Å². The summed E-state index contributed by atoms with van der Waals surface area (Å²) in [6, 6.07) is 15.4. The summed E-state index contributed by atoms with van der Waals surface area (Å²) in [7, 11) is 1.64. The molecule has 0 saturated carbocycles. The van der Waals surface area contributed by atoms with Gasteiger partial charge in [-0.3, -0.25) is 4.79 Å². The van der Waals surface area contributed by atoms with Crippen molar-refractivity contribution in [3.05, 3.63) is 65.5 Å². The lowest BCUT2D eigenvalue weighted by molar-refractivity contribution is -0.00173. The molecule has 1 aromatic heterocycles. The highest BCUT2D eigenvalue weighted by Gasteiger charge is 2.27. The first-order valence-electron chi connectivity index (χ1n) is 8.81. The molecule has 2 aromatic carbocycles. The predicted octanol–water partition coefficient (Wildman–Crippen LogP) is 3.53. The van der Waals surface area contributed by atoms with E-state index >= 15 is 0 Å². The van der Waals surface area contributed by atoms with Crippen molar-refractivity contribution in [2.24, 2.45) is 0 Å². The molecule has 0 saturated heterocycles. The van der Waals surface area contributed by atoms with Crippen LogP contribution in [0.5, 0.6) is 5.75 Å².